The van der Waals surface area contributed by atoms with Crippen molar-refractivity contribution in [1.29, 1.82) is 0 Å². The van der Waals surface area contributed by atoms with Crippen molar-refractivity contribution in [3.8, 4) is 11.5 Å². The summed E-state index contributed by atoms with van der Waals surface area (Å²) in [6.07, 6.45) is 0. The number of carbonyl (C=O) groups excluding carboxylic acids is 2. The number of hydrogen-bond acceptors (Lipinski definition) is 4. The summed E-state index contributed by atoms with van der Waals surface area (Å²) in [5.74, 6) is 0.445. The minimum Gasteiger partial charge on any atom is -0.493 e. The van der Waals surface area contributed by atoms with Crippen molar-refractivity contribution in [3.63, 3.8) is 0 Å². The van der Waals surface area contributed by atoms with Gasteiger partial charge in [0, 0.05) is 6.54 Å². The van der Waals surface area contributed by atoms with Crippen LogP contribution >= 0.6 is 0 Å². The van der Waals surface area contributed by atoms with Crippen LogP contribution in [0.3, 0.4) is 0 Å². The lowest BCUT2D eigenvalue weighted by molar-refractivity contribution is -0.129. The third-order valence-corrected chi connectivity index (χ3v) is 2.55. The molecule has 0 aliphatic rings. The molecule has 1 rings (SSSR count). The van der Waals surface area contributed by atoms with Crippen LogP contribution in [0.1, 0.15) is 13.8 Å². The molecule has 0 radical (unpaired) electrons. The van der Waals surface area contributed by atoms with Crippen molar-refractivity contribution >= 4 is 11.8 Å². The van der Waals surface area contributed by atoms with E-state index >= 15 is 0 Å². The number of amides is 2. The van der Waals surface area contributed by atoms with E-state index < -0.39 is 6.04 Å². The van der Waals surface area contributed by atoms with Crippen molar-refractivity contribution < 1.29 is 19.1 Å². The van der Waals surface area contributed by atoms with Gasteiger partial charge < -0.3 is 20.1 Å². The first kappa shape index (κ1) is 15.8. The van der Waals surface area contributed by atoms with Gasteiger partial charge in [0.05, 0.1) is 7.11 Å². The van der Waals surface area contributed by atoms with Gasteiger partial charge in [0.25, 0.3) is 5.91 Å². The van der Waals surface area contributed by atoms with E-state index in [0.717, 1.165) is 0 Å². The molecular formula is C14H20N2O4. The van der Waals surface area contributed by atoms with Gasteiger partial charge in [-0.05, 0) is 26.0 Å². The smallest absolute Gasteiger partial charge is 0.258 e. The molecular weight excluding hydrogens is 260 g/mol. The van der Waals surface area contributed by atoms with Crippen molar-refractivity contribution in [3.05, 3.63) is 24.3 Å². The predicted molar refractivity (Wildman–Crippen MR) is 74.8 cm³/mol. The highest BCUT2D eigenvalue weighted by molar-refractivity contribution is 5.87. The lowest BCUT2D eigenvalue weighted by Crippen LogP contribution is -2.46. The lowest BCUT2D eigenvalue weighted by atomic mass is 10.3. The Morgan fingerprint density at radius 3 is 2.50 bits per heavy atom. The summed E-state index contributed by atoms with van der Waals surface area (Å²) in [5, 5.41) is 5.18. The average molecular weight is 280 g/mol. The van der Waals surface area contributed by atoms with E-state index in [-0.39, 0.29) is 18.4 Å². The number of para-hydroxylation sites is 2. The van der Waals surface area contributed by atoms with Gasteiger partial charge in [0.15, 0.2) is 18.1 Å². The summed E-state index contributed by atoms with van der Waals surface area (Å²) in [7, 11) is 1.53. The number of methoxy groups -OCH3 is 1. The molecule has 110 valence electrons. The number of rotatable bonds is 7. The molecule has 6 nitrogen and oxygen atoms in total. The fourth-order valence-corrected chi connectivity index (χ4v) is 1.56. The number of nitrogens with one attached hydrogen (secondary N) is 2. The van der Waals surface area contributed by atoms with E-state index in [9.17, 15) is 9.59 Å². The average Bonchev–Trinajstić information content (AvgIpc) is 2.45. The number of carbonyl (C=O) groups is 2. The van der Waals surface area contributed by atoms with Crippen LogP contribution in [0.5, 0.6) is 11.5 Å². The molecule has 0 fully saturated rings. The van der Waals surface area contributed by atoms with Gasteiger partial charge in [-0.15, -0.1) is 0 Å². The normalized spacial score (nSPS) is 11.3. The van der Waals surface area contributed by atoms with Crippen molar-refractivity contribution in [2.24, 2.45) is 0 Å². The van der Waals surface area contributed by atoms with Gasteiger partial charge in [-0.25, -0.2) is 0 Å². The van der Waals surface area contributed by atoms with Crippen molar-refractivity contribution in [2.75, 3.05) is 20.3 Å². The Labute approximate surface area is 118 Å². The number of likely N-dealkylation sites (N-methyl/N-ethyl adjacent to an activating group) is 1. The number of ether oxygens (including phenoxy) is 2. The Morgan fingerprint density at radius 1 is 1.25 bits per heavy atom. The van der Waals surface area contributed by atoms with Gasteiger partial charge in [-0.1, -0.05) is 12.1 Å². The third kappa shape index (κ3) is 4.79. The first-order valence-corrected chi connectivity index (χ1v) is 6.41. The van der Waals surface area contributed by atoms with E-state index in [1.807, 2.05) is 13.0 Å². The summed E-state index contributed by atoms with van der Waals surface area (Å²) in [6.45, 7) is 3.78. The molecule has 0 bridgehead atoms. The van der Waals surface area contributed by atoms with E-state index in [1.165, 1.54) is 7.11 Å². The fourth-order valence-electron chi connectivity index (χ4n) is 1.56. The molecule has 6 heteroatoms. The molecule has 0 spiro atoms. The first-order chi connectivity index (χ1) is 9.58. The summed E-state index contributed by atoms with van der Waals surface area (Å²) in [4.78, 5) is 23.1. The van der Waals surface area contributed by atoms with Crippen LogP contribution in [-0.2, 0) is 9.59 Å². The molecule has 0 saturated heterocycles. The molecule has 2 N–H and O–H groups in total. The van der Waals surface area contributed by atoms with Gasteiger partial charge in [-0.2, -0.15) is 0 Å². The summed E-state index contributed by atoms with van der Waals surface area (Å²) in [5.41, 5.74) is 0. The van der Waals surface area contributed by atoms with Crippen LogP contribution in [0.2, 0.25) is 0 Å². The molecule has 0 aliphatic carbocycles. The summed E-state index contributed by atoms with van der Waals surface area (Å²) >= 11 is 0. The second-order valence-electron chi connectivity index (χ2n) is 4.12. The molecule has 0 aromatic heterocycles. The van der Waals surface area contributed by atoms with Gasteiger partial charge in [0.2, 0.25) is 5.91 Å². The molecule has 0 unspecified atom stereocenters. The predicted octanol–water partition coefficient (Wildman–Crippen LogP) is 0.715. The molecule has 20 heavy (non-hydrogen) atoms. The Kier molecular flexibility index (Phi) is 6.36. The van der Waals surface area contributed by atoms with Gasteiger partial charge in [-0.3, -0.25) is 9.59 Å². The highest BCUT2D eigenvalue weighted by atomic mass is 16.5. The maximum absolute atomic E-state index is 11.7. The quantitative estimate of drug-likeness (QED) is 0.771. The Morgan fingerprint density at radius 2 is 1.90 bits per heavy atom. The highest BCUT2D eigenvalue weighted by Crippen LogP contribution is 2.25. The maximum Gasteiger partial charge on any atom is 0.258 e. The van der Waals surface area contributed by atoms with Crippen LogP contribution in [0.15, 0.2) is 24.3 Å². The molecule has 1 aromatic carbocycles. The first-order valence-electron chi connectivity index (χ1n) is 6.41. The second-order valence-corrected chi connectivity index (χ2v) is 4.12. The van der Waals surface area contributed by atoms with Crippen molar-refractivity contribution in [1.82, 2.24) is 10.6 Å². The second kappa shape index (κ2) is 8.04. The monoisotopic (exact) mass is 280 g/mol. The lowest BCUT2D eigenvalue weighted by Gasteiger charge is -2.14. The van der Waals surface area contributed by atoms with Crippen molar-refractivity contribution in [2.45, 2.75) is 19.9 Å². The van der Waals surface area contributed by atoms with Crippen LogP contribution in [0.4, 0.5) is 0 Å². The fraction of sp³-hybridized carbons (Fsp3) is 0.429. The maximum atomic E-state index is 11.7. The molecule has 0 heterocycles. The summed E-state index contributed by atoms with van der Waals surface area (Å²) in [6, 6.07) is 6.45. The minimum absolute atomic E-state index is 0.176. The van der Waals surface area contributed by atoms with Gasteiger partial charge in [0.1, 0.15) is 6.04 Å². The standard InChI is InChI=1S/C14H20N2O4/c1-4-15-14(18)10(2)16-13(17)9-20-12-8-6-5-7-11(12)19-3/h5-8,10H,4,9H2,1-3H3,(H,15,18)(H,16,17)/t10-/m0/s1. The van der Waals surface area contributed by atoms with Crippen LogP contribution in [0, 0.1) is 0 Å². The zero-order chi connectivity index (χ0) is 15.0. The number of hydrogen-bond donors (Lipinski definition) is 2. The Balaban J connectivity index is 2.45. The zero-order valence-electron chi connectivity index (χ0n) is 11.9. The van der Waals surface area contributed by atoms with Crippen LogP contribution < -0.4 is 20.1 Å². The van der Waals surface area contributed by atoms with Crippen LogP contribution in [-0.4, -0.2) is 38.1 Å². The largest absolute Gasteiger partial charge is 0.493 e. The van der Waals surface area contributed by atoms with E-state index in [1.54, 1.807) is 25.1 Å². The van der Waals surface area contributed by atoms with Gasteiger partial charge >= 0.3 is 0 Å². The Bertz CT molecular complexity index is 462. The molecule has 1 aromatic rings. The topological polar surface area (TPSA) is 76.7 Å². The SMILES string of the molecule is CCNC(=O)[C@H](C)NC(=O)COc1ccccc1OC. The summed E-state index contributed by atoms with van der Waals surface area (Å²) < 4.78 is 10.5. The molecule has 2 amide bonds. The molecule has 0 saturated carbocycles. The van der Waals surface area contributed by atoms with E-state index in [4.69, 9.17) is 9.47 Å². The van der Waals surface area contributed by atoms with E-state index in [2.05, 4.69) is 10.6 Å². The highest BCUT2D eigenvalue weighted by Gasteiger charge is 2.15. The molecule has 1 atom stereocenters. The molecule has 0 aliphatic heterocycles. The minimum atomic E-state index is -0.594. The van der Waals surface area contributed by atoms with Crippen LogP contribution in [0.25, 0.3) is 0 Å². The number of benzene rings is 1. The third-order valence-electron chi connectivity index (χ3n) is 2.55. The van der Waals surface area contributed by atoms with E-state index in [0.29, 0.717) is 18.0 Å². The Hall–Kier alpha value is -2.24. The zero-order valence-corrected chi connectivity index (χ0v) is 11.9.